The standard InChI is InChI=1S/4C7H12N2/c4*1-5-6(2)8-9(4)7(5)3/h4*1-4H3. The number of nitrogens with zero attached hydrogens (tertiary/aromatic N) is 8. The highest BCUT2D eigenvalue weighted by Crippen LogP contribution is 2.10. The molecule has 0 atom stereocenters. The van der Waals surface area contributed by atoms with Crippen LogP contribution in [0, 0.1) is 83.1 Å². The van der Waals surface area contributed by atoms with Crippen molar-refractivity contribution in [3.8, 4) is 0 Å². The van der Waals surface area contributed by atoms with Crippen LogP contribution in [0.5, 0.6) is 0 Å². The molecule has 0 bridgehead atoms. The molecule has 4 rings (SSSR count). The minimum Gasteiger partial charge on any atom is -0.272 e. The van der Waals surface area contributed by atoms with E-state index >= 15 is 0 Å². The van der Waals surface area contributed by atoms with Gasteiger partial charge in [0, 0.05) is 51.0 Å². The summed E-state index contributed by atoms with van der Waals surface area (Å²) < 4.78 is 7.63. The van der Waals surface area contributed by atoms with Crippen molar-refractivity contribution >= 4 is 0 Å². The molecule has 0 aliphatic carbocycles. The van der Waals surface area contributed by atoms with Crippen LogP contribution in [0.2, 0.25) is 0 Å². The second-order valence-electron chi connectivity index (χ2n) is 9.68. The summed E-state index contributed by atoms with van der Waals surface area (Å²) in [5.41, 5.74) is 14.8. The summed E-state index contributed by atoms with van der Waals surface area (Å²) >= 11 is 0. The molecule has 4 aromatic heterocycles. The van der Waals surface area contributed by atoms with Crippen molar-refractivity contribution in [2.24, 2.45) is 28.2 Å². The van der Waals surface area contributed by atoms with Crippen LogP contribution in [0.1, 0.15) is 67.8 Å². The zero-order valence-electron chi connectivity index (χ0n) is 25.6. The van der Waals surface area contributed by atoms with Crippen LogP contribution in [-0.2, 0) is 28.2 Å². The summed E-state index contributed by atoms with van der Waals surface area (Å²) in [5, 5.41) is 16.9. The van der Waals surface area contributed by atoms with Gasteiger partial charge in [0.2, 0.25) is 0 Å². The maximum atomic E-state index is 4.23. The monoisotopic (exact) mass is 496 g/mol. The van der Waals surface area contributed by atoms with Crippen LogP contribution >= 0.6 is 0 Å². The summed E-state index contributed by atoms with van der Waals surface area (Å²) in [6, 6.07) is 0. The maximum Gasteiger partial charge on any atom is 0.0625 e. The Balaban J connectivity index is 0.000000240. The van der Waals surface area contributed by atoms with Crippen molar-refractivity contribution in [2.45, 2.75) is 83.1 Å². The zero-order valence-corrected chi connectivity index (χ0v) is 25.6. The van der Waals surface area contributed by atoms with Gasteiger partial charge in [-0.15, -0.1) is 0 Å². The van der Waals surface area contributed by atoms with E-state index in [0.717, 1.165) is 22.8 Å². The first-order valence-electron chi connectivity index (χ1n) is 12.4. The predicted octanol–water partition coefficient (Wildman–Crippen LogP) is 5.38. The highest BCUT2D eigenvalue weighted by atomic mass is 15.3. The lowest BCUT2D eigenvalue weighted by atomic mass is 10.2. The van der Waals surface area contributed by atoms with Gasteiger partial charge in [0.1, 0.15) is 0 Å². The molecule has 8 heteroatoms. The van der Waals surface area contributed by atoms with Gasteiger partial charge in [-0.1, -0.05) is 0 Å². The van der Waals surface area contributed by atoms with Gasteiger partial charge in [-0.3, -0.25) is 18.7 Å². The number of aromatic nitrogens is 8. The first-order valence-corrected chi connectivity index (χ1v) is 12.4. The Bertz CT molecular complexity index is 1000. The zero-order chi connectivity index (χ0) is 28.1. The predicted molar refractivity (Wildman–Crippen MR) is 150 cm³/mol. The van der Waals surface area contributed by atoms with Gasteiger partial charge in [-0.05, 0) is 105 Å². The van der Waals surface area contributed by atoms with Crippen molar-refractivity contribution in [1.82, 2.24) is 39.1 Å². The molecule has 4 aromatic rings. The minimum absolute atomic E-state index is 1.13. The highest BCUT2D eigenvalue weighted by Gasteiger charge is 2.03. The minimum atomic E-state index is 1.13. The normalized spacial score (nSPS) is 10.2. The summed E-state index contributed by atoms with van der Waals surface area (Å²) in [4.78, 5) is 0. The van der Waals surface area contributed by atoms with Crippen LogP contribution < -0.4 is 0 Å². The summed E-state index contributed by atoms with van der Waals surface area (Å²) in [7, 11) is 7.87. The van der Waals surface area contributed by atoms with Gasteiger partial charge >= 0.3 is 0 Å². The van der Waals surface area contributed by atoms with Crippen molar-refractivity contribution < 1.29 is 0 Å². The molecule has 0 radical (unpaired) electrons. The van der Waals surface area contributed by atoms with Gasteiger partial charge in [0.15, 0.2) is 0 Å². The fourth-order valence-corrected chi connectivity index (χ4v) is 3.52. The Kier molecular flexibility index (Phi) is 10.9. The van der Waals surface area contributed by atoms with E-state index in [2.05, 4.69) is 75.8 Å². The number of aryl methyl sites for hydroxylation is 8. The second kappa shape index (κ2) is 12.7. The highest BCUT2D eigenvalue weighted by molar-refractivity contribution is 5.23. The van der Waals surface area contributed by atoms with Gasteiger partial charge in [0.05, 0.1) is 22.8 Å². The van der Waals surface area contributed by atoms with Gasteiger partial charge in [0.25, 0.3) is 0 Å². The van der Waals surface area contributed by atoms with E-state index in [0.29, 0.717) is 0 Å². The van der Waals surface area contributed by atoms with E-state index in [9.17, 15) is 0 Å². The van der Waals surface area contributed by atoms with Crippen molar-refractivity contribution in [2.75, 3.05) is 0 Å². The third kappa shape index (κ3) is 7.42. The molecule has 0 unspecified atom stereocenters. The fourth-order valence-electron chi connectivity index (χ4n) is 3.52. The molecule has 200 valence electrons. The molecule has 0 aliphatic heterocycles. The molecular weight excluding hydrogens is 448 g/mol. The fraction of sp³-hybridized carbons (Fsp3) is 0.571. The molecular formula is C28H48N8. The number of hydrogen-bond acceptors (Lipinski definition) is 4. The Labute approximate surface area is 218 Å². The summed E-state index contributed by atoms with van der Waals surface area (Å²) in [6.45, 7) is 24.8. The summed E-state index contributed by atoms with van der Waals surface area (Å²) in [6.07, 6.45) is 0. The first kappa shape index (κ1) is 30.9. The van der Waals surface area contributed by atoms with E-state index in [-0.39, 0.29) is 0 Å². The summed E-state index contributed by atoms with van der Waals surface area (Å²) in [5.74, 6) is 0. The van der Waals surface area contributed by atoms with Crippen LogP contribution in [0.3, 0.4) is 0 Å². The molecule has 0 aromatic carbocycles. The Morgan fingerprint density at radius 2 is 0.444 bits per heavy atom. The number of rotatable bonds is 0. The molecule has 8 nitrogen and oxygen atoms in total. The third-order valence-electron chi connectivity index (χ3n) is 7.48. The van der Waals surface area contributed by atoms with E-state index in [1.165, 1.54) is 45.0 Å². The van der Waals surface area contributed by atoms with Gasteiger partial charge in [-0.2, -0.15) is 20.4 Å². The maximum absolute atomic E-state index is 4.23. The lowest BCUT2D eigenvalue weighted by Crippen LogP contribution is -1.92. The molecule has 4 heterocycles. The molecule has 0 aliphatic rings. The van der Waals surface area contributed by atoms with Crippen molar-refractivity contribution in [1.29, 1.82) is 0 Å². The van der Waals surface area contributed by atoms with Gasteiger partial charge < -0.3 is 0 Å². The average molecular weight is 497 g/mol. The molecule has 0 amide bonds. The Morgan fingerprint density at radius 3 is 0.472 bits per heavy atom. The molecule has 36 heavy (non-hydrogen) atoms. The van der Waals surface area contributed by atoms with Crippen LogP contribution in [0.25, 0.3) is 0 Å². The van der Waals surface area contributed by atoms with Crippen LogP contribution in [-0.4, -0.2) is 39.1 Å². The molecule has 0 saturated carbocycles. The SMILES string of the molecule is Cc1nn(C)c(C)c1C.Cc1nn(C)c(C)c1C.Cc1nn(C)c(C)c1C.Cc1nn(C)c(C)c1C. The van der Waals surface area contributed by atoms with Crippen LogP contribution in [0.15, 0.2) is 0 Å². The molecule has 0 N–H and O–H groups in total. The second-order valence-corrected chi connectivity index (χ2v) is 9.68. The van der Waals surface area contributed by atoms with Crippen molar-refractivity contribution in [3.63, 3.8) is 0 Å². The Morgan fingerprint density at radius 1 is 0.306 bits per heavy atom. The van der Waals surface area contributed by atoms with Crippen molar-refractivity contribution in [3.05, 3.63) is 67.8 Å². The molecule has 0 saturated heterocycles. The van der Waals surface area contributed by atoms with E-state index in [4.69, 9.17) is 0 Å². The largest absolute Gasteiger partial charge is 0.272 e. The average Bonchev–Trinajstić information content (AvgIpc) is 3.37. The van der Waals surface area contributed by atoms with Crippen LogP contribution in [0.4, 0.5) is 0 Å². The smallest absolute Gasteiger partial charge is 0.0625 e. The van der Waals surface area contributed by atoms with E-state index < -0.39 is 0 Å². The van der Waals surface area contributed by atoms with Gasteiger partial charge in [-0.25, -0.2) is 0 Å². The molecule has 0 spiro atoms. The number of hydrogen-bond donors (Lipinski definition) is 0. The molecule has 0 fully saturated rings. The Hall–Kier alpha value is -3.16. The third-order valence-corrected chi connectivity index (χ3v) is 7.48. The lowest BCUT2D eigenvalue weighted by molar-refractivity contribution is 0.730. The van der Waals surface area contributed by atoms with E-state index in [1.807, 2.05) is 74.6 Å². The lowest BCUT2D eigenvalue weighted by Gasteiger charge is -1.90. The quantitative estimate of drug-likeness (QED) is 0.328. The first-order chi connectivity index (χ1) is 16.5. The van der Waals surface area contributed by atoms with E-state index in [1.54, 1.807) is 0 Å². The topological polar surface area (TPSA) is 71.3 Å².